The summed E-state index contributed by atoms with van der Waals surface area (Å²) in [6.45, 7) is 18.2. The molecule has 0 spiro atoms. The van der Waals surface area contributed by atoms with Crippen molar-refractivity contribution in [2.45, 2.75) is 79.1 Å². The Morgan fingerprint density at radius 2 is 1.37 bits per heavy atom. The van der Waals surface area contributed by atoms with Gasteiger partial charge in [0.05, 0.1) is 0 Å². The number of hydrogen-bond donors (Lipinski definition) is 0. The maximum Gasteiger partial charge on any atom is -0.109 e. The van der Waals surface area contributed by atoms with Crippen molar-refractivity contribution in [3.8, 4) is 11.1 Å². The molecule has 0 saturated carbocycles. The normalized spacial score (nSPS) is 13.0. The van der Waals surface area contributed by atoms with Gasteiger partial charge in [0.15, 0.2) is 0 Å². The standard InChI is InChI=1S/C23H29.C13H9Cl.C5H5.Zr/c1-14-9-16-11-17-10-15(2)21(23(6,7)8)13-19(17)18(16)12-20(14)22(3,4)5;14-13-8-6-12(7-9-13)10-11-4-2-1-3-5-11;1-2-4-5-3-1;/h9,12-13H,11H2,1-8H3;1-9H;1-3H,4H2;/q-1;;-1;+2. The number of fused-ring (bicyclic) bond motifs is 3. The predicted octanol–water partition coefficient (Wildman–Crippen LogP) is 11.0. The van der Waals surface area contributed by atoms with E-state index in [-0.39, 0.29) is 10.8 Å². The minimum atomic E-state index is 0.163. The summed E-state index contributed by atoms with van der Waals surface area (Å²) in [6, 6.07) is 29.4. The van der Waals surface area contributed by atoms with Gasteiger partial charge in [0.2, 0.25) is 0 Å². The molecule has 2 aliphatic rings. The van der Waals surface area contributed by atoms with Crippen molar-refractivity contribution < 1.29 is 24.2 Å². The second-order valence-corrected chi connectivity index (χ2v) is 15.1. The van der Waals surface area contributed by atoms with Gasteiger partial charge >= 0.3 is 110 Å². The van der Waals surface area contributed by atoms with E-state index in [0.717, 1.165) is 17.9 Å². The molecule has 0 aromatic heterocycles. The Labute approximate surface area is 280 Å². The van der Waals surface area contributed by atoms with Crippen LogP contribution in [0.5, 0.6) is 0 Å². The van der Waals surface area contributed by atoms with Gasteiger partial charge in [0, 0.05) is 0 Å². The van der Waals surface area contributed by atoms with E-state index in [0.29, 0.717) is 0 Å². The molecule has 6 rings (SSSR count). The van der Waals surface area contributed by atoms with Crippen LogP contribution in [0.4, 0.5) is 0 Å². The molecule has 218 valence electrons. The van der Waals surface area contributed by atoms with E-state index in [1.165, 1.54) is 83.1 Å². The Kier molecular flexibility index (Phi) is 10.8. The molecule has 0 radical (unpaired) electrons. The number of benzene rings is 4. The molecule has 4 aromatic carbocycles. The van der Waals surface area contributed by atoms with Gasteiger partial charge in [-0.2, -0.15) is 23.8 Å². The van der Waals surface area contributed by atoms with Crippen molar-refractivity contribution in [3.63, 3.8) is 0 Å². The van der Waals surface area contributed by atoms with Gasteiger partial charge in [0.25, 0.3) is 0 Å². The van der Waals surface area contributed by atoms with Crippen LogP contribution in [-0.2, 0) is 41.5 Å². The molecular formula is C41H43ClZr. The number of aryl methyl sites for hydroxylation is 2. The predicted molar refractivity (Wildman–Crippen MR) is 183 cm³/mol. The third kappa shape index (κ3) is 8.53. The maximum absolute atomic E-state index is 5.86. The van der Waals surface area contributed by atoms with Gasteiger partial charge in [-0.15, -0.1) is 23.1 Å². The molecule has 2 heteroatoms. The molecule has 0 bridgehead atoms. The van der Waals surface area contributed by atoms with Crippen LogP contribution in [0.2, 0.25) is 5.02 Å². The van der Waals surface area contributed by atoms with Gasteiger partial charge in [-0.1, -0.05) is 71.6 Å². The van der Waals surface area contributed by atoms with E-state index in [4.69, 9.17) is 11.6 Å². The molecule has 2 aliphatic carbocycles. The molecule has 0 fully saturated rings. The summed E-state index contributed by atoms with van der Waals surface area (Å²) in [5.41, 5.74) is 14.2. The quantitative estimate of drug-likeness (QED) is 0.165. The topological polar surface area (TPSA) is 0 Å². The molecule has 0 nitrogen and oxygen atoms in total. The van der Waals surface area contributed by atoms with Crippen LogP contribution in [0, 0.1) is 26.0 Å². The smallest absolute Gasteiger partial charge is 0.109 e. The molecule has 0 saturated heterocycles. The Morgan fingerprint density at radius 1 is 0.767 bits per heavy atom. The molecule has 0 N–H and O–H groups in total. The maximum atomic E-state index is 5.86. The van der Waals surface area contributed by atoms with Crippen LogP contribution >= 0.6 is 11.6 Å². The second-order valence-electron chi connectivity index (χ2n) is 13.5. The van der Waals surface area contributed by atoms with E-state index in [2.05, 4.69) is 128 Å². The minimum absolute atomic E-state index is 0.163. The van der Waals surface area contributed by atoms with Crippen LogP contribution in [0.15, 0.2) is 91.0 Å². The first-order chi connectivity index (χ1) is 20.3. The van der Waals surface area contributed by atoms with E-state index in [9.17, 15) is 0 Å². The Balaban J connectivity index is 0.000000180. The van der Waals surface area contributed by atoms with Crippen LogP contribution in [0.1, 0.15) is 92.5 Å². The zero-order valence-corrected chi connectivity index (χ0v) is 30.2. The third-order valence-electron chi connectivity index (χ3n) is 7.86. The Bertz CT molecular complexity index is 1560. The van der Waals surface area contributed by atoms with Crippen molar-refractivity contribution in [3.05, 3.63) is 153 Å². The summed E-state index contributed by atoms with van der Waals surface area (Å²) < 4.78 is 1.36. The molecule has 0 atom stereocenters. The summed E-state index contributed by atoms with van der Waals surface area (Å²) in [6.07, 6.45) is 11.0. The largest absolute Gasteiger partial charge is 0.273 e. The first-order valence-corrected chi connectivity index (χ1v) is 16.7. The molecular weight excluding hydrogens is 619 g/mol. The van der Waals surface area contributed by atoms with Crippen LogP contribution in [0.25, 0.3) is 11.1 Å². The summed E-state index contributed by atoms with van der Waals surface area (Å²) in [5.74, 6) is 0. The SMILES string of the molecule is Cc1[c-]c2c(cc1C(C)(C)C)-c1cc(C(C)(C)C)c(C)cc1C2.Clc1ccc([C](=[Zr+2])c2ccccc2)cc1.[C-]1=CC=CC1. The fraction of sp³-hybridized carbons (Fsp3) is 0.293. The van der Waals surface area contributed by atoms with Crippen molar-refractivity contribution >= 4 is 14.8 Å². The van der Waals surface area contributed by atoms with Gasteiger partial charge in [-0.3, -0.25) is 6.08 Å². The van der Waals surface area contributed by atoms with Gasteiger partial charge in [-0.25, -0.2) is 12.2 Å². The van der Waals surface area contributed by atoms with E-state index >= 15 is 0 Å². The minimum Gasteiger partial charge on any atom is -0.273 e. The fourth-order valence-electron chi connectivity index (χ4n) is 5.75. The van der Waals surface area contributed by atoms with Crippen molar-refractivity contribution in [1.29, 1.82) is 0 Å². The second kappa shape index (κ2) is 14.0. The molecule has 43 heavy (non-hydrogen) atoms. The Morgan fingerprint density at radius 3 is 1.91 bits per heavy atom. The summed E-state index contributed by atoms with van der Waals surface area (Å²) in [4.78, 5) is 0. The van der Waals surface area contributed by atoms with E-state index in [1.807, 2.05) is 30.4 Å². The van der Waals surface area contributed by atoms with Crippen LogP contribution in [-0.4, -0.2) is 3.21 Å². The average Bonchev–Trinajstić information content (AvgIpc) is 3.63. The Hall–Kier alpha value is -2.60. The average molecular weight is 662 g/mol. The van der Waals surface area contributed by atoms with Gasteiger partial charge < -0.3 is 0 Å². The number of halogens is 1. The van der Waals surface area contributed by atoms with Crippen LogP contribution in [0.3, 0.4) is 0 Å². The number of allylic oxidation sites excluding steroid dienone is 4. The molecule has 0 heterocycles. The van der Waals surface area contributed by atoms with Gasteiger partial charge in [0.1, 0.15) is 0 Å². The van der Waals surface area contributed by atoms with Crippen molar-refractivity contribution in [2.24, 2.45) is 0 Å². The summed E-state index contributed by atoms with van der Waals surface area (Å²) >= 11 is 7.28. The first-order valence-electron chi connectivity index (χ1n) is 15.1. The molecule has 0 amide bonds. The summed E-state index contributed by atoms with van der Waals surface area (Å²) in [5, 5.41) is 0.787. The van der Waals surface area contributed by atoms with Gasteiger partial charge in [-0.05, 0) is 35.4 Å². The molecule has 0 unspecified atom stereocenters. The first kappa shape index (κ1) is 33.3. The molecule has 4 aromatic rings. The monoisotopic (exact) mass is 660 g/mol. The van der Waals surface area contributed by atoms with E-state index < -0.39 is 0 Å². The van der Waals surface area contributed by atoms with E-state index in [1.54, 1.807) is 0 Å². The van der Waals surface area contributed by atoms with Crippen molar-refractivity contribution in [1.82, 2.24) is 0 Å². The fourth-order valence-corrected chi connectivity index (χ4v) is 6.70. The number of hydrogen-bond acceptors (Lipinski definition) is 0. The number of rotatable bonds is 2. The zero-order chi connectivity index (χ0) is 31.4. The molecule has 0 aliphatic heterocycles. The van der Waals surface area contributed by atoms with Crippen molar-refractivity contribution in [2.75, 3.05) is 0 Å². The third-order valence-corrected chi connectivity index (χ3v) is 9.53. The summed E-state index contributed by atoms with van der Waals surface area (Å²) in [7, 11) is 0. The van der Waals surface area contributed by atoms with Crippen LogP contribution < -0.4 is 0 Å². The zero-order valence-electron chi connectivity index (χ0n) is 27.0.